The number of carbonyl (C=O) groups is 2. The van der Waals surface area contributed by atoms with Crippen LogP contribution in [0, 0.1) is 0 Å². The van der Waals surface area contributed by atoms with Gasteiger partial charge in [0, 0.05) is 6.04 Å². The number of amides is 2. The fraction of sp³-hybridized carbons (Fsp3) is 0.818. The van der Waals surface area contributed by atoms with E-state index in [1.54, 1.807) is 0 Å². The van der Waals surface area contributed by atoms with E-state index in [4.69, 9.17) is 5.11 Å². The van der Waals surface area contributed by atoms with E-state index >= 15 is 0 Å². The summed E-state index contributed by atoms with van der Waals surface area (Å²) in [7, 11) is 0. The molecule has 1 aliphatic carbocycles. The van der Waals surface area contributed by atoms with E-state index in [-0.39, 0.29) is 12.1 Å². The third-order valence-electron chi connectivity index (χ3n) is 3.07. The van der Waals surface area contributed by atoms with Gasteiger partial charge in [0.05, 0.1) is 0 Å². The molecule has 0 aromatic carbocycles. The van der Waals surface area contributed by atoms with E-state index in [0.717, 1.165) is 19.3 Å². The van der Waals surface area contributed by atoms with E-state index in [2.05, 4.69) is 10.6 Å². The lowest BCUT2D eigenvalue weighted by Gasteiger charge is -2.38. The lowest BCUT2D eigenvalue weighted by atomic mass is 9.77. The Morgan fingerprint density at radius 1 is 1.44 bits per heavy atom. The van der Waals surface area contributed by atoms with Crippen molar-refractivity contribution in [1.29, 1.82) is 0 Å². The molecule has 1 atom stereocenters. The Morgan fingerprint density at radius 2 is 2.06 bits per heavy atom. The van der Waals surface area contributed by atoms with Gasteiger partial charge >= 0.3 is 12.0 Å². The van der Waals surface area contributed by atoms with Crippen molar-refractivity contribution in [1.82, 2.24) is 10.6 Å². The molecule has 0 aromatic rings. The zero-order valence-electron chi connectivity index (χ0n) is 9.88. The van der Waals surface area contributed by atoms with Gasteiger partial charge in [0.15, 0.2) is 0 Å². The lowest BCUT2D eigenvalue weighted by molar-refractivity contribution is -0.148. The molecular weight excluding hydrogens is 208 g/mol. The average molecular weight is 228 g/mol. The van der Waals surface area contributed by atoms with E-state index in [9.17, 15) is 9.59 Å². The number of nitrogens with one attached hydrogen (secondary N) is 2. The first kappa shape index (κ1) is 12.8. The van der Waals surface area contributed by atoms with Gasteiger partial charge in [-0.25, -0.2) is 9.59 Å². The Bertz CT molecular complexity index is 274. The molecule has 16 heavy (non-hydrogen) atoms. The van der Waals surface area contributed by atoms with Crippen LogP contribution >= 0.6 is 0 Å². The summed E-state index contributed by atoms with van der Waals surface area (Å²) in [6, 6.07) is -0.293. The van der Waals surface area contributed by atoms with E-state index in [1.165, 1.54) is 0 Å². The van der Waals surface area contributed by atoms with Crippen molar-refractivity contribution >= 4 is 12.0 Å². The van der Waals surface area contributed by atoms with Crippen LogP contribution in [-0.4, -0.2) is 28.7 Å². The van der Waals surface area contributed by atoms with Crippen molar-refractivity contribution in [2.75, 3.05) is 0 Å². The highest BCUT2D eigenvalue weighted by Gasteiger charge is 2.45. The second kappa shape index (κ2) is 5.18. The number of rotatable bonds is 5. The molecule has 2 amide bonds. The number of carbonyl (C=O) groups excluding carboxylic acids is 1. The molecule has 3 N–H and O–H groups in total. The fourth-order valence-corrected chi connectivity index (χ4v) is 1.91. The second-order valence-electron chi connectivity index (χ2n) is 4.53. The van der Waals surface area contributed by atoms with Gasteiger partial charge in [-0.3, -0.25) is 0 Å². The average Bonchev–Trinajstić information content (AvgIpc) is 2.10. The molecule has 0 spiro atoms. The van der Waals surface area contributed by atoms with Crippen molar-refractivity contribution in [2.24, 2.45) is 0 Å². The number of aliphatic carboxylic acids is 1. The zero-order valence-corrected chi connectivity index (χ0v) is 9.88. The maximum atomic E-state index is 11.6. The molecule has 0 saturated heterocycles. The molecular formula is C11H20N2O3. The van der Waals surface area contributed by atoms with Gasteiger partial charge in [0.1, 0.15) is 5.54 Å². The van der Waals surface area contributed by atoms with Crippen molar-refractivity contribution in [2.45, 2.75) is 57.5 Å². The second-order valence-corrected chi connectivity index (χ2v) is 4.53. The summed E-state index contributed by atoms with van der Waals surface area (Å²) < 4.78 is 0. The van der Waals surface area contributed by atoms with Crippen LogP contribution in [0.3, 0.4) is 0 Å². The first-order chi connectivity index (χ1) is 7.50. The number of carboxylic acids is 1. The van der Waals surface area contributed by atoms with Crippen LogP contribution in [0.25, 0.3) is 0 Å². The van der Waals surface area contributed by atoms with Crippen LogP contribution in [0.5, 0.6) is 0 Å². The summed E-state index contributed by atoms with van der Waals surface area (Å²) in [5, 5.41) is 14.3. The predicted molar refractivity (Wildman–Crippen MR) is 60.3 cm³/mol. The van der Waals surface area contributed by atoms with Crippen LogP contribution in [-0.2, 0) is 4.79 Å². The van der Waals surface area contributed by atoms with Crippen LogP contribution in [0.15, 0.2) is 0 Å². The third kappa shape index (κ3) is 2.87. The van der Waals surface area contributed by atoms with Crippen molar-refractivity contribution < 1.29 is 14.7 Å². The van der Waals surface area contributed by atoms with Gasteiger partial charge in [-0.2, -0.15) is 0 Å². The largest absolute Gasteiger partial charge is 0.480 e. The van der Waals surface area contributed by atoms with Crippen LogP contribution in [0.2, 0.25) is 0 Å². The van der Waals surface area contributed by atoms with Gasteiger partial charge in [-0.05, 0) is 32.6 Å². The smallest absolute Gasteiger partial charge is 0.329 e. The first-order valence-corrected chi connectivity index (χ1v) is 5.82. The molecule has 0 heterocycles. The van der Waals surface area contributed by atoms with Crippen LogP contribution in [0.1, 0.15) is 46.0 Å². The first-order valence-electron chi connectivity index (χ1n) is 5.82. The SMILES string of the molecule is CCCC(C)NC(=O)NC1(C(=O)O)CCC1. The van der Waals surface area contributed by atoms with Gasteiger partial charge < -0.3 is 15.7 Å². The molecule has 0 bridgehead atoms. The Morgan fingerprint density at radius 3 is 2.44 bits per heavy atom. The van der Waals surface area contributed by atoms with Crippen molar-refractivity contribution in [3.8, 4) is 0 Å². The molecule has 1 rings (SSSR count). The maximum absolute atomic E-state index is 11.6. The van der Waals surface area contributed by atoms with Crippen LogP contribution in [0.4, 0.5) is 4.79 Å². The summed E-state index contributed by atoms with van der Waals surface area (Å²) in [5.74, 6) is -0.933. The predicted octanol–water partition coefficient (Wildman–Crippen LogP) is 1.48. The molecule has 5 heteroatoms. The molecule has 5 nitrogen and oxygen atoms in total. The monoisotopic (exact) mass is 228 g/mol. The molecule has 0 aromatic heterocycles. The lowest BCUT2D eigenvalue weighted by Crippen LogP contribution is -2.61. The highest BCUT2D eigenvalue weighted by Crippen LogP contribution is 2.31. The minimum absolute atomic E-state index is 0.0796. The summed E-state index contributed by atoms with van der Waals surface area (Å²) >= 11 is 0. The highest BCUT2D eigenvalue weighted by molar-refractivity contribution is 5.87. The van der Waals surface area contributed by atoms with Crippen molar-refractivity contribution in [3.63, 3.8) is 0 Å². The van der Waals surface area contributed by atoms with Crippen LogP contribution < -0.4 is 10.6 Å². The molecule has 1 fully saturated rings. The number of hydrogen-bond acceptors (Lipinski definition) is 2. The van der Waals surface area contributed by atoms with Gasteiger partial charge in [-0.15, -0.1) is 0 Å². The Hall–Kier alpha value is -1.26. The molecule has 1 unspecified atom stereocenters. The molecule has 1 aliphatic rings. The summed E-state index contributed by atoms with van der Waals surface area (Å²) in [6.07, 6.45) is 3.80. The topological polar surface area (TPSA) is 78.4 Å². The number of carboxylic acid groups (broad SMARTS) is 1. The molecule has 1 saturated carbocycles. The Labute approximate surface area is 95.6 Å². The number of urea groups is 1. The van der Waals surface area contributed by atoms with E-state index in [0.29, 0.717) is 12.8 Å². The normalized spacial score (nSPS) is 19.4. The van der Waals surface area contributed by atoms with Gasteiger partial charge in [-0.1, -0.05) is 13.3 Å². The fourth-order valence-electron chi connectivity index (χ4n) is 1.91. The highest BCUT2D eigenvalue weighted by atomic mass is 16.4. The quantitative estimate of drug-likeness (QED) is 0.667. The number of hydrogen-bond donors (Lipinski definition) is 3. The zero-order chi connectivity index (χ0) is 12.2. The third-order valence-corrected chi connectivity index (χ3v) is 3.07. The van der Waals surface area contributed by atoms with Gasteiger partial charge in [0.2, 0.25) is 0 Å². The molecule has 0 radical (unpaired) electrons. The maximum Gasteiger partial charge on any atom is 0.329 e. The summed E-state index contributed by atoms with van der Waals surface area (Å²) in [4.78, 5) is 22.6. The standard InChI is InChI=1S/C11H20N2O3/c1-3-5-8(2)12-10(16)13-11(9(14)15)6-4-7-11/h8H,3-7H2,1-2H3,(H,14,15)(H2,12,13,16). The Balaban J connectivity index is 2.41. The molecule has 0 aliphatic heterocycles. The summed E-state index contributed by atoms with van der Waals surface area (Å²) in [5.41, 5.74) is -1.02. The summed E-state index contributed by atoms with van der Waals surface area (Å²) in [6.45, 7) is 3.96. The van der Waals surface area contributed by atoms with Crippen molar-refractivity contribution in [3.05, 3.63) is 0 Å². The molecule has 92 valence electrons. The Kier molecular flexibility index (Phi) is 4.15. The van der Waals surface area contributed by atoms with E-state index < -0.39 is 11.5 Å². The van der Waals surface area contributed by atoms with Gasteiger partial charge in [0.25, 0.3) is 0 Å². The minimum atomic E-state index is -1.02. The van der Waals surface area contributed by atoms with E-state index in [1.807, 2.05) is 13.8 Å². The minimum Gasteiger partial charge on any atom is -0.480 e.